The molecule has 0 heterocycles. The van der Waals surface area contributed by atoms with Crippen molar-refractivity contribution in [3.8, 4) is 0 Å². The molecule has 3 aromatic rings. The smallest absolute Gasteiger partial charge is 0.328 e. The summed E-state index contributed by atoms with van der Waals surface area (Å²) in [6, 6.07) is 19.8. The van der Waals surface area contributed by atoms with E-state index in [0.717, 1.165) is 21.9 Å². The number of fused-ring (bicyclic) bond motifs is 1. The highest BCUT2D eigenvalue weighted by Crippen LogP contribution is 2.23. The lowest BCUT2D eigenvalue weighted by atomic mass is 10.00. The van der Waals surface area contributed by atoms with Crippen LogP contribution in [0.5, 0.6) is 0 Å². The van der Waals surface area contributed by atoms with Gasteiger partial charge in [0.05, 0.1) is 6.04 Å². The van der Waals surface area contributed by atoms with Gasteiger partial charge in [-0.25, -0.2) is 4.79 Å². The Labute approximate surface area is 181 Å². The standard InChI is InChI=1S/C25H26N2O4/c1-16-8-6-11-20(14-16)24(29)27-18(3)25(30)31-15-23(28)26-17(2)21-13-7-10-19-9-4-5-12-22(19)21/h4-14,17-18H,15H2,1-3H3,(H,26,28)(H,27,29)/t17-,18+/m1/s1. The molecular formula is C25H26N2O4. The molecule has 3 rings (SSSR count). The number of ether oxygens (including phenoxy) is 1. The molecule has 0 aliphatic heterocycles. The highest BCUT2D eigenvalue weighted by atomic mass is 16.5. The Morgan fingerprint density at radius 3 is 2.39 bits per heavy atom. The Hall–Kier alpha value is -3.67. The number of benzene rings is 3. The van der Waals surface area contributed by atoms with E-state index in [0.29, 0.717) is 5.56 Å². The Morgan fingerprint density at radius 1 is 0.903 bits per heavy atom. The largest absolute Gasteiger partial charge is 0.454 e. The second-order valence-corrected chi connectivity index (χ2v) is 7.53. The molecule has 31 heavy (non-hydrogen) atoms. The number of carbonyl (C=O) groups is 3. The highest BCUT2D eigenvalue weighted by Gasteiger charge is 2.20. The average molecular weight is 418 g/mol. The van der Waals surface area contributed by atoms with Crippen molar-refractivity contribution >= 4 is 28.6 Å². The summed E-state index contributed by atoms with van der Waals surface area (Å²) in [6.07, 6.45) is 0. The van der Waals surface area contributed by atoms with Crippen LogP contribution in [0.2, 0.25) is 0 Å². The Morgan fingerprint density at radius 2 is 1.61 bits per heavy atom. The molecule has 0 aliphatic carbocycles. The summed E-state index contributed by atoms with van der Waals surface area (Å²) in [5.74, 6) is -1.46. The number of aryl methyl sites for hydroxylation is 1. The first kappa shape index (κ1) is 22.0. The highest BCUT2D eigenvalue weighted by molar-refractivity contribution is 5.97. The molecule has 2 atom stereocenters. The van der Waals surface area contributed by atoms with Gasteiger partial charge < -0.3 is 15.4 Å². The van der Waals surface area contributed by atoms with Crippen molar-refractivity contribution < 1.29 is 19.1 Å². The van der Waals surface area contributed by atoms with Crippen molar-refractivity contribution in [1.82, 2.24) is 10.6 Å². The van der Waals surface area contributed by atoms with Crippen molar-refractivity contribution in [2.45, 2.75) is 32.9 Å². The summed E-state index contributed by atoms with van der Waals surface area (Å²) in [4.78, 5) is 36.8. The normalized spacial score (nSPS) is 12.6. The molecule has 0 saturated carbocycles. The first-order valence-electron chi connectivity index (χ1n) is 10.2. The number of hydrogen-bond donors (Lipinski definition) is 2. The number of hydrogen-bond acceptors (Lipinski definition) is 4. The molecule has 0 fully saturated rings. The van der Waals surface area contributed by atoms with Gasteiger partial charge in [-0.3, -0.25) is 9.59 Å². The zero-order chi connectivity index (χ0) is 22.4. The molecule has 3 aromatic carbocycles. The molecule has 0 aromatic heterocycles. The van der Waals surface area contributed by atoms with E-state index in [9.17, 15) is 14.4 Å². The molecule has 0 bridgehead atoms. The van der Waals surface area contributed by atoms with E-state index in [1.807, 2.05) is 62.4 Å². The van der Waals surface area contributed by atoms with Crippen LogP contribution in [-0.4, -0.2) is 30.4 Å². The summed E-state index contributed by atoms with van der Waals surface area (Å²) in [5, 5.41) is 7.59. The van der Waals surface area contributed by atoms with Crippen molar-refractivity contribution in [1.29, 1.82) is 0 Å². The summed E-state index contributed by atoms with van der Waals surface area (Å²) >= 11 is 0. The Balaban J connectivity index is 1.51. The van der Waals surface area contributed by atoms with Crippen molar-refractivity contribution in [3.63, 3.8) is 0 Å². The summed E-state index contributed by atoms with van der Waals surface area (Å²) in [7, 11) is 0. The second-order valence-electron chi connectivity index (χ2n) is 7.53. The lowest BCUT2D eigenvalue weighted by molar-refractivity contribution is -0.150. The van der Waals surface area contributed by atoms with E-state index >= 15 is 0 Å². The molecule has 0 unspecified atom stereocenters. The third kappa shape index (κ3) is 5.69. The monoisotopic (exact) mass is 418 g/mol. The van der Waals surface area contributed by atoms with Gasteiger partial charge in [0.1, 0.15) is 6.04 Å². The second kappa shape index (κ2) is 9.89. The van der Waals surface area contributed by atoms with Gasteiger partial charge in [0.25, 0.3) is 11.8 Å². The number of esters is 1. The zero-order valence-corrected chi connectivity index (χ0v) is 17.8. The first-order valence-corrected chi connectivity index (χ1v) is 10.2. The van der Waals surface area contributed by atoms with Gasteiger partial charge in [-0.2, -0.15) is 0 Å². The van der Waals surface area contributed by atoms with Crippen LogP contribution in [0.15, 0.2) is 66.7 Å². The van der Waals surface area contributed by atoms with E-state index in [1.165, 1.54) is 6.92 Å². The van der Waals surface area contributed by atoms with Crippen molar-refractivity contribution in [3.05, 3.63) is 83.4 Å². The summed E-state index contributed by atoms with van der Waals surface area (Å²) < 4.78 is 5.08. The van der Waals surface area contributed by atoms with Crippen LogP contribution in [-0.2, 0) is 14.3 Å². The van der Waals surface area contributed by atoms with Crippen LogP contribution in [0.1, 0.15) is 41.4 Å². The lowest BCUT2D eigenvalue weighted by Gasteiger charge is -2.17. The van der Waals surface area contributed by atoms with Gasteiger partial charge in [0.15, 0.2) is 6.61 Å². The van der Waals surface area contributed by atoms with Crippen LogP contribution < -0.4 is 10.6 Å². The molecule has 160 valence electrons. The minimum Gasteiger partial charge on any atom is -0.454 e. The molecule has 2 amide bonds. The van der Waals surface area contributed by atoms with Gasteiger partial charge in [0, 0.05) is 5.56 Å². The number of rotatable bonds is 7. The van der Waals surface area contributed by atoms with E-state index in [2.05, 4.69) is 10.6 Å². The maximum Gasteiger partial charge on any atom is 0.328 e. The fraction of sp³-hybridized carbons (Fsp3) is 0.240. The Kier molecular flexibility index (Phi) is 7.03. The van der Waals surface area contributed by atoms with E-state index < -0.39 is 24.5 Å². The SMILES string of the molecule is Cc1cccc(C(=O)N[C@@H](C)C(=O)OCC(=O)N[C@H](C)c2cccc3ccccc23)c1. The van der Waals surface area contributed by atoms with Crippen LogP contribution in [0.4, 0.5) is 0 Å². The van der Waals surface area contributed by atoms with Crippen LogP contribution in [0, 0.1) is 6.92 Å². The molecule has 6 nitrogen and oxygen atoms in total. The summed E-state index contributed by atoms with van der Waals surface area (Å²) in [5.41, 5.74) is 2.39. The molecule has 0 radical (unpaired) electrons. The van der Waals surface area contributed by atoms with E-state index in [1.54, 1.807) is 18.2 Å². The van der Waals surface area contributed by atoms with Crippen LogP contribution in [0.3, 0.4) is 0 Å². The molecule has 0 spiro atoms. The molecule has 2 N–H and O–H groups in total. The molecular weight excluding hydrogens is 392 g/mol. The van der Waals surface area contributed by atoms with E-state index in [4.69, 9.17) is 4.74 Å². The first-order chi connectivity index (χ1) is 14.8. The minimum atomic E-state index is -0.878. The van der Waals surface area contributed by atoms with E-state index in [-0.39, 0.29) is 11.9 Å². The van der Waals surface area contributed by atoms with Gasteiger partial charge >= 0.3 is 5.97 Å². The number of amides is 2. The number of carbonyl (C=O) groups excluding carboxylic acids is 3. The maximum atomic E-state index is 12.3. The Bertz CT molecular complexity index is 1100. The van der Waals surface area contributed by atoms with Crippen LogP contribution >= 0.6 is 0 Å². The fourth-order valence-corrected chi connectivity index (χ4v) is 3.38. The van der Waals surface area contributed by atoms with Crippen molar-refractivity contribution in [2.75, 3.05) is 6.61 Å². The number of nitrogens with one attached hydrogen (secondary N) is 2. The predicted molar refractivity (Wildman–Crippen MR) is 120 cm³/mol. The molecule has 6 heteroatoms. The van der Waals surface area contributed by atoms with Gasteiger partial charge in [-0.15, -0.1) is 0 Å². The zero-order valence-electron chi connectivity index (χ0n) is 17.8. The van der Waals surface area contributed by atoms with Crippen LogP contribution in [0.25, 0.3) is 10.8 Å². The average Bonchev–Trinajstić information content (AvgIpc) is 2.76. The third-order valence-corrected chi connectivity index (χ3v) is 4.99. The van der Waals surface area contributed by atoms with Gasteiger partial charge in [-0.05, 0) is 49.2 Å². The minimum absolute atomic E-state index is 0.254. The molecule has 0 aliphatic rings. The lowest BCUT2D eigenvalue weighted by Crippen LogP contribution is -2.41. The molecule has 0 saturated heterocycles. The van der Waals surface area contributed by atoms with Crippen molar-refractivity contribution in [2.24, 2.45) is 0 Å². The topological polar surface area (TPSA) is 84.5 Å². The third-order valence-electron chi connectivity index (χ3n) is 4.99. The predicted octanol–water partition coefficient (Wildman–Crippen LogP) is 3.69. The summed E-state index contributed by atoms with van der Waals surface area (Å²) in [6.45, 7) is 4.86. The van der Waals surface area contributed by atoms with Gasteiger partial charge in [0.2, 0.25) is 0 Å². The van der Waals surface area contributed by atoms with Gasteiger partial charge in [-0.1, -0.05) is 60.2 Å². The quantitative estimate of drug-likeness (QED) is 0.573. The maximum absolute atomic E-state index is 12.3. The fourth-order valence-electron chi connectivity index (χ4n) is 3.38.